The Morgan fingerprint density at radius 2 is 1.39 bits per heavy atom. The minimum atomic E-state index is -2.27. The molecule has 0 spiro atoms. The molecule has 0 atom stereocenters. The van der Waals surface area contributed by atoms with Crippen LogP contribution in [0.15, 0.2) is 85.1 Å². The first-order chi connectivity index (χ1) is 16.0. The van der Waals surface area contributed by atoms with Crippen LogP contribution in [-0.4, -0.2) is 0 Å². The zero-order valence-corrected chi connectivity index (χ0v) is 16.0. The molecule has 1 aromatic heterocycles. The minimum Gasteiger partial charge on any atom is -0.201 e. The normalized spacial score (nSPS) is 14.9. The van der Waals surface area contributed by atoms with Crippen LogP contribution in [0, 0.1) is 20.6 Å². The summed E-state index contributed by atoms with van der Waals surface area (Å²) in [5, 5.41) is 0. The van der Waals surface area contributed by atoms with Gasteiger partial charge in [-0.2, -0.15) is 0 Å². The van der Waals surface area contributed by atoms with Gasteiger partial charge in [0.25, 0.3) is 0 Å². The highest BCUT2D eigenvalue weighted by molar-refractivity contribution is 5.77. The summed E-state index contributed by atoms with van der Waals surface area (Å²) in [6.07, 6.45) is 1.67. The molecule has 4 aromatic rings. The summed E-state index contributed by atoms with van der Waals surface area (Å²) in [6.45, 7) is -2.50. The van der Waals surface area contributed by atoms with Crippen molar-refractivity contribution in [2.75, 3.05) is 0 Å². The molecule has 0 amide bonds. The van der Waals surface area contributed by atoms with E-state index in [1.807, 2.05) is 85.3 Å². The third-order valence-corrected chi connectivity index (χ3v) is 5.11. The molecule has 3 aromatic carbocycles. The molecule has 1 nitrogen and oxygen atoms in total. The minimum absolute atomic E-state index is 0.284. The molecule has 1 heterocycles. The van der Waals surface area contributed by atoms with Crippen LogP contribution in [0.4, 0.5) is 0 Å². The lowest BCUT2D eigenvalue weighted by Gasteiger charge is -2.12. The van der Waals surface area contributed by atoms with Crippen LogP contribution in [0.2, 0.25) is 0 Å². The molecular formula is C27H26N+. The number of nitrogens with zero attached hydrogens (tertiary/aromatic N) is 1. The Hall–Kier alpha value is -3.19. The molecule has 0 fully saturated rings. The van der Waals surface area contributed by atoms with Gasteiger partial charge in [0.05, 0.1) is 0 Å². The predicted molar refractivity (Wildman–Crippen MR) is 118 cm³/mol. The lowest BCUT2D eigenvalue weighted by molar-refractivity contribution is -0.660. The summed E-state index contributed by atoms with van der Waals surface area (Å²) in [7, 11) is 1.84. The Morgan fingerprint density at radius 1 is 0.643 bits per heavy atom. The van der Waals surface area contributed by atoms with Crippen molar-refractivity contribution in [3.05, 3.63) is 102 Å². The number of pyridine rings is 1. The second kappa shape index (κ2) is 7.44. The second-order valence-electron chi connectivity index (χ2n) is 7.04. The maximum Gasteiger partial charge on any atom is 0.213 e. The maximum atomic E-state index is 8.07. The zero-order chi connectivity index (χ0) is 24.7. The van der Waals surface area contributed by atoms with Gasteiger partial charge in [-0.3, -0.25) is 0 Å². The second-order valence-corrected chi connectivity index (χ2v) is 7.04. The van der Waals surface area contributed by atoms with Crippen LogP contribution in [0.1, 0.15) is 24.9 Å². The van der Waals surface area contributed by atoms with E-state index in [1.165, 1.54) is 0 Å². The first-order valence-corrected chi connectivity index (χ1v) is 9.27. The van der Waals surface area contributed by atoms with Gasteiger partial charge < -0.3 is 0 Å². The van der Waals surface area contributed by atoms with Crippen LogP contribution in [-0.2, 0) is 7.05 Å². The largest absolute Gasteiger partial charge is 0.213 e. The fourth-order valence-electron chi connectivity index (χ4n) is 3.57. The molecule has 0 unspecified atom stereocenters. The SMILES string of the molecule is [2H]C([2H])([2H])c1ccccc1-c1ccc(C)c(-c2cc(-c3ccccc3)c(C([2H])([2H])[2H])c[n+]2C)c1. The molecule has 0 aliphatic carbocycles. The number of benzene rings is 3. The average Bonchev–Trinajstić information content (AvgIpc) is 2.79. The van der Waals surface area contributed by atoms with E-state index in [9.17, 15) is 0 Å². The average molecular weight is 371 g/mol. The van der Waals surface area contributed by atoms with Crippen molar-refractivity contribution >= 4 is 0 Å². The zero-order valence-electron chi connectivity index (χ0n) is 22.0. The molecule has 0 N–H and O–H groups in total. The van der Waals surface area contributed by atoms with Gasteiger partial charge >= 0.3 is 0 Å². The van der Waals surface area contributed by atoms with E-state index >= 15 is 0 Å². The van der Waals surface area contributed by atoms with Gasteiger partial charge in [-0.05, 0) is 60.1 Å². The smallest absolute Gasteiger partial charge is 0.201 e. The Balaban J connectivity index is 1.95. The summed E-state index contributed by atoms with van der Waals surface area (Å²) >= 11 is 0. The Labute approximate surface area is 176 Å². The Bertz CT molecular complexity index is 1340. The highest BCUT2D eigenvalue weighted by atomic mass is 14.9. The highest BCUT2D eigenvalue weighted by Crippen LogP contribution is 2.32. The van der Waals surface area contributed by atoms with Crippen molar-refractivity contribution in [1.82, 2.24) is 0 Å². The van der Waals surface area contributed by atoms with Crippen LogP contribution in [0.25, 0.3) is 33.5 Å². The summed E-state index contributed by atoms with van der Waals surface area (Å²) in [5.41, 5.74) is 6.29. The monoisotopic (exact) mass is 370 g/mol. The molecule has 0 radical (unpaired) electrons. The third-order valence-electron chi connectivity index (χ3n) is 5.11. The molecule has 0 aliphatic rings. The van der Waals surface area contributed by atoms with Gasteiger partial charge in [0, 0.05) is 25.4 Å². The standard InChI is InChI=1S/C27H26N/c1-19-10-8-9-13-24(19)23-15-14-20(2)26(16-23)27-17-25(21(3)18-28(27)4)22-11-6-5-7-12-22/h5-18H,1-4H3/q+1/i1D3,3D3. The van der Waals surface area contributed by atoms with Crippen molar-refractivity contribution in [3.63, 3.8) is 0 Å². The van der Waals surface area contributed by atoms with Gasteiger partial charge in [0.2, 0.25) is 5.69 Å². The van der Waals surface area contributed by atoms with Crippen molar-refractivity contribution in [1.29, 1.82) is 0 Å². The number of hydrogen-bond acceptors (Lipinski definition) is 0. The summed E-state index contributed by atoms with van der Waals surface area (Å²) in [4.78, 5) is 0. The highest BCUT2D eigenvalue weighted by Gasteiger charge is 2.17. The van der Waals surface area contributed by atoms with Crippen molar-refractivity contribution in [2.24, 2.45) is 7.05 Å². The summed E-state index contributed by atoms with van der Waals surface area (Å²) in [5.74, 6) is 0. The van der Waals surface area contributed by atoms with Gasteiger partial charge in [0.15, 0.2) is 6.20 Å². The van der Waals surface area contributed by atoms with Gasteiger partial charge in [-0.25, -0.2) is 4.57 Å². The first kappa shape index (κ1) is 12.3. The number of hydrogen-bond donors (Lipinski definition) is 0. The van der Waals surface area contributed by atoms with Gasteiger partial charge in [0.1, 0.15) is 7.05 Å². The lowest BCUT2D eigenvalue weighted by atomic mass is 9.93. The number of aryl methyl sites for hydroxylation is 4. The van der Waals surface area contributed by atoms with E-state index in [-0.39, 0.29) is 5.56 Å². The van der Waals surface area contributed by atoms with E-state index in [2.05, 4.69) is 0 Å². The van der Waals surface area contributed by atoms with Gasteiger partial charge in [-0.15, -0.1) is 0 Å². The van der Waals surface area contributed by atoms with E-state index in [4.69, 9.17) is 8.22 Å². The molecule has 0 aliphatic heterocycles. The topological polar surface area (TPSA) is 3.88 Å². The van der Waals surface area contributed by atoms with Crippen molar-refractivity contribution < 1.29 is 12.8 Å². The van der Waals surface area contributed by atoms with Crippen LogP contribution in [0.3, 0.4) is 0 Å². The van der Waals surface area contributed by atoms with Crippen LogP contribution < -0.4 is 4.57 Å². The molecular weight excluding hydrogens is 338 g/mol. The Morgan fingerprint density at radius 3 is 2.18 bits per heavy atom. The molecule has 1 heteroatoms. The van der Waals surface area contributed by atoms with Crippen LogP contribution >= 0.6 is 0 Å². The predicted octanol–water partition coefficient (Wildman–Crippen LogP) is 6.44. The first-order valence-electron chi connectivity index (χ1n) is 12.3. The fraction of sp³-hybridized carbons (Fsp3) is 0.148. The van der Waals surface area contributed by atoms with Gasteiger partial charge in [-0.1, -0.05) is 66.7 Å². The third kappa shape index (κ3) is 3.36. The molecule has 138 valence electrons. The van der Waals surface area contributed by atoms with E-state index in [1.54, 1.807) is 18.3 Å². The molecule has 4 rings (SSSR count). The molecule has 0 saturated heterocycles. The summed E-state index contributed by atoms with van der Waals surface area (Å²) in [6, 6.07) is 24.3. The quantitative estimate of drug-likeness (QED) is 0.365. The van der Waals surface area contributed by atoms with E-state index in [0.29, 0.717) is 16.7 Å². The lowest BCUT2D eigenvalue weighted by Crippen LogP contribution is -2.31. The molecule has 0 saturated carbocycles. The van der Waals surface area contributed by atoms with Crippen molar-refractivity contribution in [3.8, 4) is 33.5 Å². The Kier molecular flexibility index (Phi) is 3.27. The molecule has 28 heavy (non-hydrogen) atoms. The molecule has 0 bridgehead atoms. The number of rotatable bonds is 3. The van der Waals surface area contributed by atoms with Crippen molar-refractivity contribution in [2.45, 2.75) is 20.6 Å². The fourth-order valence-corrected chi connectivity index (χ4v) is 3.57. The van der Waals surface area contributed by atoms with Crippen LogP contribution in [0.5, 0.6) is 0 Å². The maximum absolute atomic E-state index is 8.07. The van der Waals surface area contributed by atoms with E-state index in [0.717, 1.165) is 27.9 Å². The number of aromatic nitrogens is 1. The summed E-state index contributed by atoms with van der Waals surface area (Å²) < 4.78 is 49.9. The van der Waals surface area contributed by atoms with E-state index < -0.39 is 13.7 Å².